The zero-order valence-corrected chi connectivity index (χ0v) is 14.1. The summed E-state index contributed by atoms with van der Waals surface area (Å²) in [5.41, 5.74) is 1.28. The van der Waals surface area contributed by atoms with E-state index in [-0.39, 0.29) is 5.91 Å². The number of hydrogen-bond acceptors (Lipinski definition) is 5. The Labute approximate surface area is 145 Å². The van der Waals surface area contributed by atoms with Gasteiger partial charge in [0.25, 0.3) is 5.91 Å². The fourth-order valence-corrected chi connectivity index (χ4v) is 3.92. The van der Waals surface area contributed by atoms with Gasteiger partial charge in [-0.3, -0.25) is 9.69 Å². The summed E-state index contributed by atoms with van der Waals surface area (Å²) in [6.45, 7) is 3.83. The lowest BCUT2D eigenvalue weighted by Crippen LogP contribution is -2.39. The van der Waals surface area contributed by atoms with Gasteiger partial charge in [0.1, 0.15) is 6.33 Å². The van der Waals surface area contributed by atoms with Crippen molar-refractivity contribution in [3.63, 3.8) is 0 Å². The second-order valence-corrected chi connectivity index (χ2v) is 6.76. The molecule has 0 bridgehead atoms. The second-order valence-electron chi connectivity index (χ2n) is 6.36. The minimum atomic E-state index is 0.0111. The van der Waals surface area contributed by atoms with Gasteiger partial charge >= 0.3 is 0 Å². The van der Waals surface area contributed by atoms with Crippen LogP contribution in [0.1, 0.15) is 29.6 Å². The van der Waals surface area contributed by atoms with E-state index in [9.17, 15) is 4.79 Å². The summed E-state index contributed by atoms with van der Waals surface area (Å²) in [7, 11) is 0. The highest BCUT2D eigenvalue weighted by Crippen LogP contribution is 2.25. The van der Waals surface area contributed by atoms with Gasteiger partial charge in [-0.25, -0.2) is 4.68 Å². The fourth-order valence-electron chi connectivity index (χ4n) is 3.66. The van der Waals surface area contributed by atoms with Crippen molar-refractivity contribution in [2.24, 2.45) is 0 Å². The normalized spacial score (nSPS) is 21.5. The molecule has 2 fully saturated rings. The third kappa shape index (κ3) is 2.89. The molecule has 2 aromatic rings. The number of fused-ring (bicyclic) bond motifs is 1. The number of aromatic nitrogens is 4. The molecule has 0 aliphatic carbocycles. The largest absolute Gasteiger partial charge is 0.337 e. The zero-order valence-electron chi connectivity index (χ0n) is 13.3. The number of nitrogens with zero attached hydrogens (tertiary/aromatic N) is 6. The molecule has 8 heteroatoms. The molecule has 24 heavy (non-hydrogen) atoms. The Morgan fingerprint density at radius 1 is 1.21 bits per heavy atom. The number of rotatable bonds is 2. The molecule has 2 aliphatic rings. The van der Waals surface area contributed by atoms with Crippen LogP contribution in [-0.2, 0) is 0 Å². The molecule has 0 spiro atoms. The Kier molecular flexibility index (Phi) is 4.20. The topological polar surface area (TPSA) is 67.2 Å². The number of carbonyl (C=O) groups is 1. The summed E-state index contributed by atoms with van der Waals surface area (Å²) in [6.07, 6.45) is 4.92. The van der Waals surface area contributed by atoms with Crippen LogP contribution in [0, 0.1) is 0 Å². The Bertz CT molecular complexity index is 734. The van der Waals surface area contributed by atoms with Crippen molar-refractivity contribution < 1.29 is 4.79 Å². The van der Waals surface area contributed by atoms with E-state index in [0.29, 0.717) is 16.6 Å². The molecule has 2 aliphatic heterocycles. The van der Waals surface area contributed by atoms with Gasteiger partial charge in [0.15, 0.2) is 0 Å². The smallest absolute Gasteiger partial charge is 0.255 e. The first-order chi connectivity index (χ1) is 11.7. The average molecular weight is 347 g/mol. The van der Waals surface area contributed by atoms with Crippen molar-refractivity contribution in [3.8, 4) is 5.69 Å². The molecular weight excluding hydrogens is 328 g/mol. The molecule has 2 saturated heterocycles. The van der Waals surface area contributed by atoms with Crippen LogP contribution in [0.25, 0.3) is 5.69 Å². The SMILES string of the molecule is O=C(c1ccc(-n2cnnn2)cc1Cl)N1CCCN2CCC[C@@H]2C1. The van der Waals surface area contributed by atoms with Gasteiger partial charge in [-0.2, -0.15) is 0 Å². The average Bonchev–Trinajstić information content (AvgIpc) is 3.23. The quantitative estimate of drug-likeness (QED) is 0.826. The van der Waals surface area contributed by atoms with E-state index < -0.39 is 0 Å². The van der Waals surface area contributed by atoms with E-state index in [4.69, 9.17) is 11.6 Å². The summed E-state index contributed by atoms with van der Waals surface area (Å²) in [5, 5.41) is 11.5. The Morgan fingerprint density at radius 2 is 2.08 bits per heavy atom. The molecule has 0 unspecified atom stereocenters. The molecule has 0 saturated carbocycles. The van der Waals surface area contributed by atoms with Gasteiger partial charge in [-0.1, -0.05) is 11.6 Å². The number of halogens is 1. The first-order valence-corrected chi connectivity index (χ1v) is 8.66. The van der Waals surface area contributed by atoms with Crippen LogP contribution >= 0.6 is 11.6 Å². The molecule has 3 heterocycles. The monoisotopic (exact) mass is 346 g/mol. The predicted octanol–water partition coefficient (Wildman–Crippen LogP) is 1.63. The number of benzene rings is 1. The molecule has 4 rings (SSSR count). The molecule has 1 aromatic heterocycles. The van der Waals surface area contributed by atoms with Crippen LogP contribution in [0.4, 0.5) is 0 Å². The summed E-state index contributed by atoms with van der Waals surface area (Å²) < 4.78 is 1.52. The molecule has 1 atom stereocenters. The molecular formula is C16H19ClN6O. The van der Waals surface area contributed by atoms with Crippen molar-refractivity contribution >= 4 is 17.5 Å². The highest BCUT2D eigenvalue weighted by molar-refractivity contribution is 6.34. The minimum Gasteiger partial charge on any atom is -0.337 e. The highest BCUT2D eigenvalue weighted by atomic mass is 35.5. The van der Waals surface area contributed by atoms with Gasteiger partial charge in [-0.15, -0.1) is 5.10 Å². The number of carbonyl (C=O) groups excluding carboxylic acids is 1. The van der Waals surface area contributed by atoms with Crippen LogP contribution in [-0.4, -0.2) is 68.1 Å². The minimum absolute atomic E-state index is 0.0111. The van der Waals surface area contributed by atoms with Crippen LogP contribution in [0.5, 0.6) is 0 Å². The maximum atomic E-state index is 12.9. The van der Waals surface area contributed by atoms with Crippen molar-refractivity contribution in [3.05, 3.63) is 35.1 Å². The van der Waals surface area contributed by atoms with Crippen molar-refractivity contribution in [2.75, 3.05) is 26.2 Å². The van der Waals surface area contributed by atoms with Crippen molar-refractivity contribution in [1.29, 1.82) is 0 Å². The van der Waals surface area contributed by atoms with E-state index in [0.717, 1.165) is 38.3 Å². The van der Waals surface area contributed by atoms with Crippen LogP contribution in [0.2, 0.25) is 5.02 Å². The number of tetrazole rings is 1. The number of amides is 1. The fraction of sp³-hybridized carbons (Fsp3) is 0.500. The zero-order chi connectivity index (χ0) is 16.5. The molecule has 1 aromatic carbocycles. The number of hydrogen-bond donors (Lipinski definition) is 0. The second kappa shape index (κ2) is 6.49. The molecule has 7 nitrogen and oxygen atoms in total. The predicted molar refractivity (Wildman–Crippen MR) is 89.3 cm³/mol. The molecule has 126 valence electrons. The lowest BCUT2D eigenvalue weighted by Gasteiger charge is -2.26. The van der Waals surface area contributed by atoms with E-state index in [1.165, 1.54) is 23.9 Å². The molecule has 0 N–H and O–H groups in total. The Morgan fingerprint density at radius 3 is 2.88 bits per heavy atom. The van der Waals surface area contributed by atoms with Crippen LogP contribution in [0.3, 0.4) is 0 Å². The van der Waals surface area contributed by atoms with Gasteiger partial charge in [0, 0.05) is 25.7 Å². The summed E-state index contributed by atoms with van der Waals surface area (Å²) in [4.78, 5) is 17.4. The van der Waals surface area contributed by atoms with Gasteiger partial charge in [-0.05, 0) is 54.4 Å². The van der Waals surface area contributed by atoms with Crippen molar-refractivity contribution in [2.45, 2.75) is 25.3 Å². The first kappa shape index (κ1) is 15.5. The standard InChI is InChI=1S/C16H19ClN6O/c17-15-9-12(23-11-18-19-20-23)4-5-14(15)16(24)22-8-2-7-21-6-1-3-13(21)10-22/h4-5,9,11,13H,1-3,6-8,10H2/t13-/m1/s1. The van der Waals surface area contributed by atoms with Crippen LogP contribution < -0.4 is 0 Å². The Hall–Kier alpha value is -1.99. The van der Waals surface area contributed by atoms with E-state index >= 15 is 0 Å². The van der Waals surface area contributed by atoms with Gasteiger partial charge in [0.2, 0.25) is 0 Å². The van der Waals surface area contributed by atoms with E-state index in [1.807, 2.05) is 11.0 Å². The maximum Gasteiger partial charge on any atom is 0.255 e. The lowest BCUT2D eigenvalue weighted by atomic mass is 10.1. The molecule has 0 radical (unpaired) electrons. The van der Waals surface area contributed by atoms with E-state index in [2.05, 4.69) is 20.4 Å². The maximum absolute atomic E-state index is 12.9. The first-order valence-electron chi connectivity index (χ1n) is 8.28. The van der Waals surface area contributed by atoms with Crippen molar-refractivity contribution in [1.82, 2.24) is 30.0 Å². The highest BCUT2D eigenvalue weighted by Gasteiger charge is 2.31. The summed E-state index contributed by atoms with van der Waals surface area (Å²) in [6, 6.07) is 5.80. The van der Waals surface area contributed by atoms with Gasteiger partial charge < -0.3 is 4.90 Å². The third-order valence-electron chi connectivity index (χ3n) is 4.89. The summed E-state index contributed by atoms with van der Waals surface area (Å²) >= 11 is 6.37. The molecule has 1 amide bonds. The Balaban J connectivity index is 1.55. The third-order valence-corrected chi connectivity index (χ3v) is 5.20. The lowest BCUT2D eigenvalue weighted by molar-refractivity contribution is 0.0743. The van der Waals surface area contributed by atoms with Crippen LogP contribution in [0.15, 0.2) is 24.5 Å². The summed E-state index contributed by atoms with van der Waals surface area (Å²) in [5.74, 6) is 0.0111. The van der Waals surface area contributed by atoms with E-state index in [1.54, 1.807) is 12.1 Å². The van der Waals surface area contributed by atoms with Gasteiger partial charge in [0.05, 0.1) is 16.3 Å².